The molecular formula is C25H25F3N2O6S. The minimum absolute atomic E-state index is 0.0727. The van der Waals surface area contributed by atoms with Gasteiger partial charge in [0.1, 0.15) is 0 Å². The Hall–Kier alpha value is -3.77. The maximum atomic E-state index is 11.3. The number of alkyl halides is 3. The maximum absolute atomic E-state index is 11.3. The molecule has 198 valence electrons. The second kappa shape index (κ2) is 11.1. The molecule has 1 heterocycles. The SMILES string of the molecule is CS(=O)(=O)Nc1ccc(-c2ccc(CC3NCCc4cc(O)c(O)cc43)cc2)cc1.O=C(O)C(F)(F)F. The summed E-state index contributed by atoms with van der Waals surface area (Å²) < 4.78 is 56.9. The summed E-state index contributed by atoms with van der Waals surface area (Å²) in [5, 5.41) is 30.3. The lowest BCUT2D eigenvalue weighted by molar-refractivity contribution is -0.192. The number of rotatable bonds is 5. The zero-order chi connectivity index (χ0) is 27.4. The fourth-order valence-corrected chi connectivity index (χ4v) is 4.43. The van der Waals surface area contributed by atoms with E-state index in [0.717, 1.165) is 53.5 Å². The number of halogens is 3. The van der Waals surface area contributed by atoms with E-state index in [-0.39, 0.29) is 17.5 Å². The van der Waals surface area contributed by atoms with Crippen LogP contribution in [0.2, 0.25) is 0 Å². The molecular weight excluding hydrogens is 513 g/mol. The first-order chi connectivity index (χ1) is 17.2. The monoisotopic (exact) mass is 538 g/mol. The van der Waals surface area contributed by atoms with Gasteiger partial charge < -0.3 is 20.6 Å². The van der Waals surface area contributed by atoms with Crippen molar-refractivity contribution in [2.75, 3.05) is 17.5 Å². The molecule has 4 rings (SSSR count). The molecule has 0 bridgehead atoms. The lowest BCUT2D eigenvalue weighted by atomic mass is 9.89. The second-order valence-electron chi connectivity index (χ2n) is 8.45. The lowest BCUT2D eigenvalue weighted by Crippen LogP contribution is -2.31. The first kappa shape index (κ1) is 27.8. The van der Waals surface area contributed by atoms with Crippen LogP contribution in [-0.2, 0) is 27.7 Å². The molecule has 0 saturated carbocycles. The van der Waals surface area contributed by atoms with Gasteiger partial charge in [-0.15, -0.1) is 0 Å². The van der Waals surface area contributed by atoms with Crippen LogP contribution in [0.1, 0.15) is 22.7 Å². The number of sulfonamides is 1. The van der Waals surface area contributed by atoms with Crippen LogP contribution < -0.4 is 10.0 Å². The molecule has 8 nitrogen and oxygen atoms in total. The van der Waals surface area contributed by atoms with Gasteiger partial charge in [0.2, 0.25) is 10.0 Å². The predicted octanol–water partition coefficient (Wildman–Crippen LogP) is 4.20. The Balaban J connectivity index is 0.000000479. The Morgan fingerprint density at radius 3 is 2.03 bits per heavy atom. The van der Waals surface area contributed by atoms with E-state index in [0.29, 0.717) is 5.69 Å². The van der Waals surface area contributed by atoms with Crippen molar-refractivity contribution in [2.45, 2.75) is 25.1 Å². The van der Waals surface area contributed by atoms with Gasteiger partial charge in [-0.05, 0) is 71.5 Å². The lowest BCUT2D eigenvalue weighted by Gasteiger charge is -2.27. The number of hydrogen-bond donors (Lipinski definition) is 5. The number of phenolic OH excluding ortho intramolecular Hbond substituents is 2. The van der Waals surface area contributed by atoms with Gasteiger partial charge in [-0.3, -0.25) is 4.72 Å². The molecule has 0 saturated heterocycles. The highest BCUT2D eigenvalue weighted by Gasteiger charge is 2.38. The number of hydrogen-bond acceptors (Lipinski definition) is 6. The number of carbonyl (C=O) groups is 1. The van der Waals surface area contributed by atoms with E-state index < -0.39 is 22.2 Å². The van der Waals surface area contributed by atoms with E-state index >= 15 is 0 Å². The van der Waals surface area contributed by atoms with Gasteiger partial charge in [-0.1, -0.05) is 36.4 Å². The van der Waals surface area contributed by atoms with Crippen LogP contribution in [-0.4, -0.2) is 48.7 Å². The van der Waals surface area contributed by atoms with Crippen LogP contribution in [0.4, 0.5) is 18.9 Å². The molecule has 1 aliphatic rings. The standard InChI is InChI=1S/C23H24N2O4S.C2HF3O2/c1-30(28,29)25-19-8-6-17(7-9-19)16-4-2-15(3-5-16)12-21-20-14-23(27)22(26)13-18(20)10-11-24-21;3-2(4,5)1(6)7/h2-9,13-14,21,24-27H,10-12H2,1H3;(H,6,7). The van der Waals surface area contributed by atoms with Crippen molar-refractivity contribution in [3.8, 4) is 22.6 Å². The van der Waals surface area contributed by atoms with Crippen LogP contribution in [0.15, 0.2) is 60.7 Å². The van der Waals surface area contributed by atoms with Crippen LogP contribution in [0.3, 0.4) is 0 Å². The molecule has 0 spiro atoms. The van der Waals surface area contributed by atoms with Gasteiger partial charge in [-0.2, -0.15) is 13.2 Å². The Morgan fingerprint density at radius 1 is 1.00 bits per heavy atom. The molecule has 0 amide bonds. The molecule has 3 aromatic rings. The van der Waals surface area contributed by atoms with Gasteiger partial charge in [-0.25, -0.2) is 13.2 Å². The Morgan fingerprint density at radius 2 is 1.51 bits per heavy atom. The Labute approximate surface area is 211 Å². The van der Waals surface area contributed by atoms with E-state index in [2.05, 4.69) is 22.2 Å². The third-order valence-corrected chi connectivity index (χ3v) is 6.16. The predicted molar refractivity (Wildman–Crippen MR) is 132 cm³/mol. The normalized spacial score (nSPS) is 15.2. The average Bonchev–Trinajstić information content (AvgIpc) is 2.80. The zero-order valence-electron chi connectivity index (χ0n) is 19.6. The number of phenols is 2. The number of aliphatic carboxylic acids is 1. The summed E-state index contributed by atoms with van der Waals surface area (Å²) in [7, 11) is -3.29. The summed E-state index contributed by atoms with van der Waals surface area (Å²) in [6, 6.07) is 18.9. The maximum Gasteiger partial charge on any atom is 0.490 e. The largest absolute Gasteiger partial charge is 0.504 e. The molecule has 0 aromatic heterocycles. The molecule has 1 unspecified atom stereocenters. The Bertz CT molecular complexity index is 1360. The van der Waals surface area contributed by atoms with Crippen LogP contribution in [0, 0.1) is 0 Å². The number of benzene rings is 3. The number of aromatic hydroxyl groups is 2. The third kappa shape index (κ3) is 7.86. The van der Waals surface area contributed by atoms with Gasteiger partial charge >= 0.3 is 12.1 Å². The summed E-state index contributed by atoms with van der Waals surface area (Å²) in [5.74, 6) is -2.92. The molecule has 1 aliphatic heterocycles. The first-order valence-corrected chi connectivity index (χ1v) is 12.9. The molecule has 3 aromatic carbocycles. The second-order valence-corrected chi connectivity index (χ2v) is 10.2. The minimum Gasteiger partial charge on any atom is -0.504 e. The van der Waals surface area contributed by atoms with E-state index in [4.69, 9.17) is 9.90 Å². The molecule has 0 radical (unpaired) electrons. The highest BCUT2D eigenvalue weighted by molar-refractivity contribution is 7.92. The van der Waals surface area contributed by atoms with E-state index in [9.17, 15) is 31.8 Å². The summed E-state index contributed by atoms with van der Waals surface area (Å²) in [6.45, 7) is 0.827. The molecule has 5 N–H and O–H groups in total. The zero-order valence-corrected chi connectivity index (χ0v) is 20.4. The van der Waals surface area contributed by atoms with Crippen molar-refractivity contribution in [3.05, 3.63) is 77.4 Å². The van der Waals surface area contributed by atoms with Crippen molar-refractivity contribution >= 4 is 21.7 Å². The number of fused-ring (bicyclic) bond motifs is 1. The van der Waals surface area contributed by atoms with Crippen molar-refractivity contribution in [2.24, 2.45) is 0 Å². The van der Waals surface area contributed by atoms with Gasteiger partial charge in [0, 0.05) is 11.7 Å². The minimum atomic E-state index is -5.08. The summed E-state index contributed by atoms with van der Waals surface area (Å²) in [4.78, 5) is 8.90. The highest BCUT2D eigenvalue weighted by atomic mass is 32.2. The molecule has 0 fully saturated rings. The molecule has 0 aliphatic carbocycles. The van der Waals surface area contributed by atoms with Crippen LogP contribution in [0.25, 0.3) is 11.1 Å². The average molecular weight is 539 g/mol. The highest BCUT2D eigenvalue weighted by Crippen LogP contribution is 2.35. The number of carboxylic acids is 1. The number of carboxylic acid groups (broad SMARTS) is 1. The molecule has 1 atom stereocenters. The van der Waals surface area contributed by atoms with Crippen molar-refractivity contribution in [1.29, 1.82) is 0 Å². The summed E-state index contributed by atoms with van der Waals surface area (Å²) in [5.41, 5.74) is 5.83. The fourth-order valence-electron chi connectivity index (χ4n) is 3.86. The number of anilines is 1. The summed E-state index contributed by atoms with van der Waals surface area (Å²) in [6.07, 6.45) is -2.36. The topological polar surface area (TPSA) is 136 Å². The smallest absolute Gasteiger partial charge is 0.490 e. The molecule has 37 heavy (non-hydrogen) atoms. The third-order valence-electron chi connectivity index (χ3n) is 5.55. The molecule has 12 heteroatoms. The van der Waals surface area contributed by atoms with Gasteiger partial charge in [0.05, 0.1) is 6.26 Å². The first-order valence-electron chi connectivity index (χ1n) is 11.0. The van der Waals surface area contributed by atoms with Crippen molar-refractivity contribution in [1.82, 2.24) is 5.32 Å². The van der Waals surface area contributed by atoms with Crippen molar-refractivity contribution in [3.63, 3.8) is 0 Å². The van der Waals surface area contributed by atoms with Crippen molar-refractivity contribution < 1.29 is 41.7 Å². The summed E-state index contributed by atoms with van der Waals surface area (Å²) >= 11 is 0. The Kier molecular flexibility index (Phi) is 8.34. The van der Waals surface area contributed by atoms with Gasteiger partial charge in [0.25, 0.3) is 0 Å². The fraction of sp³-hybridized carbons (Fsp3) is 0.240. The van der Waals surface area contributed by atoms with E-state index in [1.165, 1.54) is 0 Å². The quantitative estimate of drug-likeness (QED) is 0.307. The van der Waals surface area contributed by atoms with Crippen LogP contribution >= 0.6 is 0 Å². The van der Waals surface area contributed by atoms with Gasteiger partial charge in [0.15, 0.2) is 11.5 Å². The van der Waals surface area contributed by atoms with Crippen LogP contribution in [0.5, 0.6) is 11.5 Å². The number of nitrogens with one attached hydrogen (secondary N) is 2. The van der Waals surface area contributed by atoms with E-state index in [1.54, 1.807) is 24.3 Å². The van der Waals surface area contributed by atoms with E-state index in [1.807, 2.05) is 24.3 Å².